The molecule has 3 fully saturated rings. The van der Waals surface area contributed by atoms with Gasteiger partial charge in [0.05, 0.1) is 0 Å². The first-order valence-electron chi connectivity index (χ1n) is 18.4. The van der Waals surface area contributed by atoms with E-state index in [0.29, 0.717) is 45.1 Å². The van der Waals surface area contributed by atoms with Crippen LogP contribution in [0.1, 0.15) is 85.6 Å². The molecular formula is C37H55N7O7. The first kappa shape index (κ1) is 39.3. The molecule has 0 saturated carbocycles. The second-order valence-electron chi connectivity index (χ2n) is 14.3. The van der Waals surface area contributed by atoms with Crippen LogP contribution in [-0.4, -0.2) is 107 Å². The Bertz CT molecular complexity index is 1460. The molecule has 7 amide bonds. The van der Waals surface area contributed by atoms with Crippen LogP contribution in [0.15, 0.2) is 30.3 Å². The molecule has 1 aromatic carbocycles. The molecule has 0 spiro atoms. The molecule has 3 heterocycles. The highest BCUT2D eigenvalue weighted by atomic mass is 16.2. The smallest absolute Gasteiger partial charge is 0.246 e. The SMILES string of the molecule is CC[C@H](C)[C@@H]1NC(=O)[C@@H]2CCCN2C(=O)[C@H]([C@@H](C)CC)NC(=O)[C@@H]2CCCN2C(=O)[C@H](Cc2ccccc2)NC(=O)[C@H](C)NC(=O)[C@H](C)NC1=O. The molecule has 4 rings (SSSR count). The van der Waals surface area contributed by atoms with Crippen LogP contribution < -0.4 is 26.6 Å². The minimum absolute atomic E-state index is 0.145. The fraction of sp³-hybridized carbons (Fsp3) is 0.649. The maximum atomic E-state index is 14.2. The van der Waals surface area contributed by atoms with Gasteiger partial charge in [0.15, 0.2) is 0 Å². The Hall–Kier alpha value is -4.49. The highest BCUT2D eigenvalue weighted by Gasteiger charge is 2.44. The van der Waals surface area contributed by atoms with Crippen molar-refractivity contribution in [3.8, 4) is 0 Å². The summed E-state index contributed by atoms with van der Waals surface area (Å²) < 4.78 is 0. The summed E-state index contributed by atoms with van der Waals surface area (Å²) >= 11 is 0. The van der Waals surface area contributed by atoms with Crippen molar-refractivity contribution in [2.75, 3.05) is 13.1 Å². The van der Waals surface area contributed by atoms with Crippen LogP contribution in [0.4, 0.5) is 0 Å². The third kappa shape index (κ3) is 9.44. The van der Waals surface area contributed by atoms with E-state index < -0.39 is 83.6 Å². The Morgan fingerprint density at radius 3 is 1.63 bits per heavy atom. The van der Waals surface area contributed by atoms with Crippen LogP contribution >= 0.6 is 0 Å². The summed E-state index contributed by atoms with van der Waals surface area (Å²) in [6.07, 6.45) is 3.15. The number of hydrogen-bond acceptors (Lipinski definition) is 7. The average Bonchev–Trinajstić information content (AvgIpc) is 3.82. The fourth-order valence-electron chi connectivity index (χ4n) is 6.99. The molecule has 0 unspecified atom stereocenters. The molecule has 1 aromatic rings. The Morgan fingerprint density at radius 1 is 0.608 bits per heavy atom. The van der Waals surface area contributed by atoms with Gasteiger partial charge in [-0.3, -0.25) is 33.6 Å². The molecule has 3 saturated heterocycles. The molecule has 9 atom stereocenters. The highest BCUT2D eigenvalue weighted by molar-refractivity contribution is 5.99. The molecule has 5 N–H and O–H groups in total. The molecule has 0 bridgehead atoms. The first-order valence-corrected chi connectivity index (χ1v) is 18.4. The molecule has 280 valence electrons. The van der Waals surface area contributed by atoms with Crippen LogP contribution in [-0.2, 0) is 40.0 Å². The van der Waals surface area contributed by atoms with Crippen molar-refractivity contribution < 1.29 is 33.6 Å². The van der Waals surface area contributed by atoms with E-state index in [1.165, 1.54) is 23.6 Å². The van der Waals surface area contributed by atoms with Crippen molar-refractivity contribution in [3.63, 3.8) is 0 Å². The molecular weight excluding hydrogens is 654 g/mol. The zero-order valence-electron chi connectivity index (χ0n) is 30.7. The van der Waals surface area contributed by atoms with Gasteiger partial charge in [0.2, 0.25) is 41.4 Å². The van der Waals surface area contributed by atoms with E-state index in [0.717, 1.165) is 5.56 Å². The lowest BCUT2D eigenvalue weighted by atomic mass is 9.96. The number of carbonyl (C=O) groups excluding carboxylic acids is 7. The van der Waals surface area contributed by atoms with Crippen LogP contribution in [0, 0.1) is 11.8 Å². The summed E-state index contributed by atoms with van der Waals surface area (Å²) in [5.41, 5.74) is 0.788. The second-order valence-corrected chi connectivity index (χ2v) is 14.3. The predicted octanol–water partition coefficient (Wildman–Crippen LogP) is 0.781. The number of rotatable bonds is 6. The van der Waals surface area contributed by atoms with E-state index in [4.69, 9.17) is 0 Å². The summed E-state index contributed by atoms with van der Waals surface area (Å²) in [5.74, 6) is -4.20. The summed E-state index contributed by atoms with van der Waals surface area (Å²) in [4.78, 5) is 99.4. The maximum Gasteiger partial charge on any atom is 0.246 e. The first-order chi connectivity index (χ1) is 24.3. The quantitative estimate of drug-likeness (QED) is 0.289. The number of nitrogens with zero attached hydrogens (tertiary/aromatic N) is 2. The third-order valence-corrected chi connectivity index (χ3v) is 10.6. The number of hydrogen-bond donors (Lipinski definition) is 5. The van der Waals surface area contributed by atoms with Crippen molar-refractivity contribution in [2.24, 2.45) is 11.8 Å². The average molecular weight is 710 g/mol. The summed E-state index contributed by atoms with van der Waals surface area (Å²) in [6.45, 7) is 11.0. The summed E-state index contributed by atoms with van der Waals surface area (Å²) in [7, 11) is 0. The summed E-state index contributed by atoms with van der Waals surface area (Å²) in [6, 6.07) is 2.32. The van der Waals surface area contributed by atoms with Crippen molar-refractivity contribution in [2.45, 2.75) is 129 Å². The lowest BCUT2D eigenvalue weighted by molar-refractivity contribution is -0.145. The number of fused-ring (bicyclic) bond motifs is 2. The van der Waals surface area contributed by atoms with Gasteiger partial charge in [0.1, 0.15) is 42.3 Å². The van der Waals surface area contributed by atoms with Gasteiger partial charge in [0.25, 0.3) is 0 Å². The zero-order chi connectivity index (χ0) is 37.4. The van der Waals surface area contributed by atoms with Gasteiger partial charge < -0.3 is 36.4 Å². The molecule has 0 aromatic heterocycles. The van der Waals surface area contributed by atoms with E-state index in [9.17, 15) is 33.6 Å². The van der Waals surface area contributed by atoms with Gasteiger partial charge in [-0.15, -0.1) is 0 Å². The molecule has 0 radical (unpaired) electrons. The standard InChI is InChI=1S/C37H55N7O7/c1-7-21(3)29-35(49)39-23(5)31(45)38-24(6)32(46)40-26(20-25-14-10-9-11-15-25)36(50)43-18-12-16-27(43)34(48)42-30(22(4)8-2)37(51)44-19-13-17-28(44)33(47)41-29/h9-11,14-15,21-24,26-30H,7-8,12-13,16-20H2,1-6H3,(H,38,45)(H,39,49)(H,40,46)(H,41,47)(H,42,48)/t21-,22-,23-,24-,26-,27-,28-,29-,30-/m0/s1. The van der Waals surface area contributed by atoms with Gasteiger partial charge in [-0.25, -0.2) is 0 Å². The fourth-order valence-corrected chi connectivity index (χ4v) is 6.99. The van der Waals surface area contributed by atoms with Gasteiger partial charge in [0, 0.05) is 19.5 Å². The lowest BCUT2D eigenvalue weighted by Gasteiger charge is -2.34. The Morgan fingerprint density at radius 2 is 1.08 bits per heavy atom. The molecule has 51 heavy (non-hydrogen) atoms. The minimum atomic E-state index is -1.07. The molecule has 0 aliphatic carbocycles. The van der Waals surface area contributed by atoms with Gasteiger partial charge in [-0.05, 0) is 56.9 Å². The van der Waals surface area contributed by atoms with Crippen LogP contribution in [0.5, 0.6) is 0 Å². The maximum absolute atomic E-state index is 14.2. The normalized spacial score (nSPS) is 30.2. The van der Waals surface area contributed by atoms with Crippen molar-refractivity contribution >= 4 is 41.4 Å². The highest BCUT2D eigenvalue weighted by Crippen LogP contribution is 2.24. The lowest BCUT2D eigenvalue weighted by Crippen LogP contribution is -2.60. The number of nitrogens with one attached hydrogen (secondary N) is 5. The molecule has 3 aliphatic heterocycles. The van der Waals surface area contributed by atoms with E-state index in [-0.39, 0.29) is 24.8 Å². The molecule has 14 heteroatoms. The predicted molar refractivity (Wildman–Crippen MR) is 190 cm³/mol. The zero-order valence-corrected chi connectivity index (χ0v) is 30.7. The van der Waals surface area contributed by atoms with Crippen molar-refractivity contribution in [1.82, 2.24) is 36.4 Å². The van der Waals surface area contributed by atoms with E-state index in [1.54, 1.807) is 0 Å². The number of benzene rings is 1. The Kier molecular flexibility index (Phi) is 13.6. The van der Waals surface area contributed by atoms with Crippen molar-refractivity contribution in [3.05, 3.63) is 35.9 Å². The van der Waals surface area contributed by atoms with Crippen LogP contribution in [0.25, 0.3) is 0 Å². The van der Waals surface area contributed by atoms with Crippen LogP contribution in [0.3, 0.4) is 0 Å². The second kappa shape index (κ2) is 17.6. The van der Waals surface area contributed by atoms with Crippen LogP contribution in [0.2, 0.25) is 0 Å². The largest absolute Gasteiger partial charge is 0.343 e. The third-order valence-electron chi connectivity index (χ3n) is 10.6. The Balaban J connectivity index is 1.72. The topological polar surface area (TPSA) is 186 Å². The van der Waals surface area contributed by atoms with Crippen molar-refractivity contribution in [1.29, 1.82) is 0 Å². The van der Waals surface area contributed by atoms with Gasteiger partial charge >= 0.3 is 0 Å². The minimum Gasteiger partial charge on any atom is -0.343 e. The van der Waals surface area contributed by atoms with E-state index in [1.807, 2.05) is 58.0 Å². The monoisotopic (exact) mass is 709 g/mol. The molecule has 3 aliphatic rings. The number of amides is 7. The van der Waals surface area contributed by atoms with E-state index in [2.05, 4.69) is 26.6 Å². The van der Waals surface area contributed by atoms with Gasteiger partial charge in [-0.1, -0.05) is 70.9 Å². The van der Waals surface area contributed by atoms with Gasteiger partial charge in [-0.2, -0.15) is 0 Å². The Labute approximate surface area is 300 Å². The van der Waals surface area contributed by atoms with E-state index >= 15 is 0 Å². The molecule has 14 nitrogen and oxygen atoms in total. The summed E-state index contributed by atoms with van der Waals surface area (Å²) in [5, 5.41) is 13.9. The number of carbonyl (C=O) groups is 7.